The molecular weight excluding hydrogens is 198 g/mol. The number of carbonyl (C=O) groups is 2. The van der Waals surface area contributed by atoms with Gasteiger partial charge < -0.3 is 4.90 Å². The number of nitrogens with zero attached hydrogens (tertiary/aromatic N) is 1. The minimum atomic E-state index is -0.540. The summed E-state index contributed by atoms with van der Waals surface area (Å²) in [5.74, 6) is -0.540. The summed E-state index contributed by atoms with van der Waals surface area (Å²) in [4.78, 5) is 23.7. The Kier molecular flexibility index (Phi) is 3.71. The summed E-state index contributed by atoms with van der Waals surface area (Å²) < 4.78 is 0. The molecule has 1 rings (SSSR count). The molecule has 0 aliphatic rings. The topological polar surface area (TPSA) is 37.4 Å². The summed E-state index contributed by atoms with van der Waals surface area (Å²) in [5, 5.41) is 0. The van der Waals surface area contributed by atoms with Crippen LogP contribution in [0, 0.1) is 0 Å². The van der Waals surface area contributed by atoms with E-state index in [4.69, 9.17) is 0 Å². The van der Waals surface area contributed by atoms with E-state index < -0.39 is 5.91 Å². The number of thioether (sulfide) groups is 1. The number of hydrogen-bond acceptors (Lipinski definition) is 3. The monoisotopic (exact) mass is 209 g/mol. The average Bonchev–Trinajstić information content (AvgIpc) is 2.27. The molecular formula is C10H11NO2S. The van der Waals surface area contributed by atoms with Crippen LogP contribution in [0.3, 0.4) is 0 Å². The molecule has 4 heteroatoms. The number of aldehydes is 1. The van der Waals surface area contributed by atoms with Crippen LogP contribution in [0.5, 0.6) is 0 Å². The normalized spacial score (nSPS) is 9.57. The smallest absolute Gasteiger partial charge is 0.290 e. The number of hydrogen-bond donors (Lipinski definition) is 0. The third-order valence-electron chi connectivity index (χ3n) is 1.89. The Morgan fingerprint density at radius 3 is 2.36 bits per heavy atom. The molecule has 1 amide bonds. The molecule has 1 aromatic carbocycles. The molecule has 1 aromatic rings. The predicted molar refractivity (Wildman–Crippen MR) is 57.7 cm³/mol. The Morgan fingerprint density at radius 2 is 1.93 bits per heavy atom. The maximum absolute atomic E-state index is 11.0. The van der Waals surface area contributed by atoms with Crippen LogP contribution in [0.1, 0.15) is 0 Å². The number of anilines is 1. The molecule has 0 bridgehead atoms. The van der Waals surface area contributed by atoms with Crippen LogP contribution in [0.25, 0.3) is 0 Å². The lowest BCUT2D eigenvalue weighted by molar-refractivity contribution is -0.129. The lowest BCUT2D eigenvalue weighted by Gasteiger charge is -2.13. The van der Waals surface area contributed by atoms with Crippen LogP contribution >= 0.6 is 11.8 Å². The average molecular weight is 209 g/mol. The van der Waals surface area contributed by atoms with Gasteiger partial charge in [0.25, 0.3) is 5.91 Å². The van der Waals surface area contributed by atoms with E-state index >= 15 is 0 Å². The van der Waals surface area contributed by atoms with E-state index in [1.54, 1.807) is 18.8 Å². The first-order valence-corrected chi connectivity index (χ1v) is 5.28. The molecule has 0 saturated carbocycles. The van der Waals surface area contributed by atoms with E-state index in [9.17, 15) is 9.59 Å². The molecule has 0 aromatic heterocycles. The van der Waals surface area contributed by atoms with Gasteiger partial charge in [0.05, 0.1) is 0 Å². The minimum absolute atomic E-state index is 0.308. The van der Waals surface area contributed by atoms with Gasteiger partial charge in [-0.2, -0.15) is 0 Å². The highest BCUT2D eigenvalue weighted by atomic mass is 32.2. The van der Waals surface area contributed by atoms with Crippen molar-refractivity contribution in [3.05, 3.63) is 24.3 Å². The predicted octanol–water partition coefficient (Wildman–Crippen LogP) is 1.57. The Hall–Kier alpha value is -1.29. The Morgan fingerprint density at radius 1 is 1.36 bits per heavy atom. The first kappa shape index (κ1) is 10.8. The van der Waals surface area contributed by atoms with Crippen molar-refractivity contribution in [1.82, 2.24) is 0 Å². The van der Waals surface area contributed by atoms with Gasteiger partial charge in [-0.05, 0) is 30.5 Å². The highest BCUT2D eigenvalue weighted by molar-refractivity contribution is 7.98. The lowest BCUT2D eigenvalue weighted by Crippen LogP contribution is -2.26. The van der Waals surface area contributed by atoms with Gasteiger partial charge in [-0.25, -0.2) is 0 Å². The van der Waals surface area contributed by atoms with E-state index in [1.165, 1.54) is 4.90 Å². The molecule has 0 spiro atoms. The third kappa shape index (κ3) is 2.35. The Balaban J connectivity index is 2.86. The zero-order chi connectivity index (χ0) is 10.6. The fraction of sp³-hybridized carbons (Fsp3) is 0.200. The van der Waals surface area contributed by atoms with Crippen molar-refractivity contribution in [2.45, 2.75) is 4.90 Å². The van der Waals surface area contributed by atoms with Crippen molar-refractivity contribution < 1.29 is 9.59 Å². The van der Waals surface area contributed by atoms with Crippen LogP contribution in [-0.4, -0.2) is 25.5 Å². The summed E-state index contributed by atoms with van der Waals surface area (Å²) in [6.07, 6.45) is 2.29. The lowest BCUT2D eigenvalue weighted by atomic mass is 10.3. The molecule has 3 nitrogen and oxygen atoms in total. The molecule has 0 aliphatic heterocycles. The number of rotatable bonds is 3. The Labute approximate surface area is 87.1 Å². The number of benzene rings is 1. The summed E-state index contributed by atoms with van der Waals surface area (Å²) in [6, 6.07) is 7.45. The number of amides is 1. The largest absolute Gasteiger partial charge is 0.309 e. The van der Waals surface area contributed by atoms with Crippen LogP contribution in [0.15, 0.2) is 29.2 Å². The van der Waals surface area contributed by atoms with Crippen LogP contribution < -0.4 is 4.90 Å². The molecule has 0 heterocycles. The third-order valence-corrected chi connectivity index (χ3v) is 2.63. The van der Waals surface area contributed by atoms with Gasteiger partial charge in [-0.15, -0.1) is 11.8 Å². The molecule has 14 heavy (non-hydrogen) atoms. The summed E-state index contributed by atoms with van der Waals surface area (Å²) in [7, 11) is 1.57. The molecule has 0 atom stereocenters. The van der Waals surface area contributed by atoms with E-state index in [-0.39, 0.29) is 0 Å². The van der Waals surface area contributed by atoms with Crippen LogP contribution in [0.2, 0.25) is 0 Å². The molecule has 74 valence electrons. The van der Waals surface area contributed by atoms with E-state index in [0.717, 1.165) is 10.6 Å². The number of likely N-dealkylation sites (N-methyl/N-ethyl adjacent to an activating group) is 1. The van der Waals surface area contributed by atoms with Gasteiger partial charge in [0, 0.05) is 17.6 Å². The second kappa shape index (κ2) is 4.81. The van der Waals surface area contributed by atoms with Gasteiger partial charge in [0.1, 0.15) is 0 Å². The van der Waals surface area contributed by atoms with Crippen molar-refractivity contribution in [1.29, 1.82) is 0 Å². The minimum Gasteiger partial charge on any atom is -0.309 e. The van der Waals surface area contributed by atoms with Gasteiger partial charge in [-0.3, -0.25) is 9.59 Å². The Bertz CT molecular complexity index is 334. The second-order valence-corrected chi connectivity index (χ2v) is 3.59. The molecule has 0 aliphatic carbocycles. The van der Waals surface area contributed by atoms with Crippen LogP contribution in [0.4, 0.5) is 5.69 Å². The first-order valence-electron chi connectivity index (χ1n) is 4.06. The van der Waals surface area contributed by atoms with Crippen LogP contribution in [-0.2, 0) is 9.59 Å². The van der Waals surface area contributed by atoms with E-state index in [0.29, 0.717) is 6.29 Å². The summed E-state index contributed by atoms with van der Waals surface area (Å²) >= 11 is 1.63. The zero-order valence-electron chi connectivity index (χ0n) is 8.06. The van der Waals surface area contributed by atoms with E-state index in [1.807, 2.05) is 30.5 Å². The maximum Gasteiger partial charge on any atom is 0.290 e. The quantitative estimate of drug-likeness (QED) is 0.431. The second-order valence-electron chi connectivity index (χ2n) is 2.71. The highest BCUT2D eigenvalue weighted by Gasteiger charge is 2.08. The van der Waals surface area contributed by atoms with Crippen molar-refractivity contribution in [3.8, 4) is 0 Å². The summed E-state index contributed by atoms with van der Waals surface area (Å²) in [6.45, 7) is 0. The molecule has 0 unspecified atom stereocenters. The standard InChI is InChI=1S/C10H11NO2S/c1-11(10(13)7-12)8-3-5-9(14-2)6-4-8/h3-7H,1-2H3. The van der Waals surface area contributed by atoms with Gasteiger partial charge in [0.2, 0.25) is 6.29 Å². The zero-order valence-corrected chi connectivity index (χ0v) is 8.88. The van der Waals surface area contributed by atoms with Crippen molar-refractivity contribution in [3.63, 3.8) is 0 Å². The molecule has 0 radical (unpaired) electrons. The maximum atomic E-state index is 11.0. The SMILES string of the molecule is CSc1ccc(N(C)C(=O)C=O)cc1. The fourth-order valence-electron chi connectivity index (χ4n) is 1.01. The van der Waals surface area contributed by atoms with E-state index in [2.05, 4.69) is 0 Å². The van der Waals surface area contributed by atoms with Crippen molar-refractivity contribution in [2.24, 2.45) is 0 Å². The molecule has 0 N–H and O–H groups in total. The first-order chi connectivity index (χ1) is 6.69. The van der Waals surface area contributed by atoms with Gasteiger partial charge >= 0.3 is 0 Å². The van der Waals surface area contributed by atoms with Gasteiger partial charge in [0.15, 0.2) is 0 Å². The fourth-order valence-corrected chi connectivity index (χ4v) is 1.42. The molecule has 0 saturated heterocycles. The molecule has 0 fully saturated rings. The van der Waals surface area contributed by atoms with Crippen molar-refractivity contribution in [2.75, 3.05) is 18.2 Å². The van der Waals surface area contributed by atoms with Gasteiger partial charge in [-0.1, -0.05) is 0 Å². The summed E-state index contributed by atoms with van der Waals surface area (Å²) in [5.41, 5.74) is 0.722. The van der Waals surface area contributed by atoms with Crippen molar-refractivity contribution >= 4 is 29.6 Å². The highest BCUT2D eigenvalue weighted by Crippen LogP contribution is 2.19. The number of carbonyl (C=O) groups excluding carboxylic acids is 2.